The van der Waals surface area contributed by atoms with E-state index in [0.29, 0.717) is 15.7 Å². The first-order valence-corrected chi connectivity index (χ1v) is 5.64. The summed E-state index contributed by atoms with van der Waals surface area (Å²) in [6.07, 6.45) is 0. The minimum Gasteiger partial charge on any atom is -0.341 e. The number of halogens is 2. The highest BCUT2D eigenvalue weighted by molar-refractivity contribution is 6.39. The molecule has 0 spiro atoms. The molecule has 0 aliphatic carbocycles. The highest BCUT2D eigenvalue weighted by Crippen LogP contribution is 2.33. The Bertz CT molecular complexity index is 599. The van der Waals surface area contributed by atoms with Crippen LogP contribution in [0.25, 0.3) is 10.9 Å². The van der Waals surface area contributed by atoms with Gasteiger partial charge in [-0.3, -0.25) is 4.79 Å². The van der Waals surface area contributed by atoms with Crippen LogP contribution in [0.4, 0.5) is 0 Å². The van der Waals surface area contributed by atoms with Crippen LogP contribution in [0.2, 0.25) is 10.0 Å². The molecule has 0 unspecified atom stereocenters. The van der Waals surface area contributed by atoms with Crippen molar-refractivity contribution in [3.05, 3.63) is 33.4 Å². The fourth-order valence-corrected chi connectivity index (χ4v) is 2.81. The van der Waals surface area contributed by atoms with Crippen molar-refractivity contribution >= 4 is 39.9 Å². The molecule has 4 heteroatoms. The topological polar surface area (TPSA) is 22.0 Å². The van der Waals surface area contributed by atoms with Crippen molar-refractivity contribution < 1.29 is 4.79 Å². The Morgan fingerprint density at radius 3 is 2.50 bits per heavy atom. The highest BCUT2D eigenvalue weighted by Gasteiger charge is 2.17. The third-order valence-corrected chi connectivity index (χ3v) is 3.31. The van der Waals surface area contributed by atoms with E-state index in [1.54, 1.807) is 13.0 Å². The summed E-state index contributed by atoms with van der Waals surface area (Å²) < 4.78 is 1.84. The molecule has 0 amide bonds. The second kappa shape index (κ2) is 3.79. The van der Waals surface area contributed by atoms with E-state index in [4.69, 9.17) is 23.2 Å². The average molecular weight is 256 g/mol. The van der Waals surface area contributed by atoms with Crippen LogP contribution < -0.4 is 0 Å². The molecule has 2 nitrogen and oxygen atoms in total. The van der Waals surface area contributed by atoms with Gasteiger partial charge in [-0.25, -0.2) is 0 Å². The van der Waals surface area contributed by atoms with Gasteiger partial charge in [0.15, 0.2) is 5.78 Å². The molecule has 16 heavy (non-hydrogen) atoms. The first-order valence-electron chi connectivity index (χ1n) is 4.88. The van der Waals surface area contributed by atoms with Gasteiger partial charge in [-0.05, 0) is 24.6 Å². The van der Waals surface area contributed by atoms with Crippen LogP contribution in [-0.4, -0.2) is 10.4 Å². The lowest BCUT2D eigenvalue weighted by atomic mass is 10.1. The minimum absolute atomic E-state index is 0.0309. The molecule has 0 radical (unpaired) electrons. The lowest BCUT2D eigenvalue weighted by molar-refractivity contribution is 0.101. The number of aromatic nitrogens is 1. The van der Waals surface area contributed by atoms with Crippen molar-refractivity contribution in [1.82, 2.24) is 4.57 Å². The van der Waals surface area contributed by atoms with Crippen molar-refractivity contribution in [2.45, 2.75) is 13.8 Å². The monoisotopic (exact) mass is 255 g/mol. The van der Waals surface area contributed by atoms with Gasteiger partial charge in [-0.2, -0.15) is 0 Å². The van der Waals surface area contributed by atoms with E-state index in [1.807, 2.05) is 24.6 Å². The lowest BCUT2D eigenvalue weighted by Crippen LogP contribution is -2.02. The summed E-state index contributed by atoms with van der Waals surface area (Å²) in [5.74, 6) is 0.0309. The summed E-state index contributed by atoms with van der Waals surface area (Å²) in [4.78, 5) is 11.6. The summed E-state index contributed by atoms with van der Waals surface area (Å²) in [7, 11) is 1.85. The van der Waals surface area contributed by atoms with E-state index in [0.717, 1.165) is 16.5 Å². The van der Waals surface area contributed by atoms with Gasteiger partial charge >= 0.3 is 0 Å². The number of hydrogen-bond donors (Lipinski definition) is 0. The van der Waals surface area contributed by atoms with Gasteiger partial charge in [0.2, 0.25) is 0 Å². The predicted octanol–water partition coefficient (Wildman–Crippen LogP) is 4.00. The fraction of sp³-hybridized carbons (Fsp3) is 0.250. The average Bonchev–Trinajstić information content (AvgIpc) is 2.38. The van der Waals surface area contributed by atoms with E-state index in [9.17, 15) is 4.79 Å². The van der Waals surface area contributed by atoms with Crippen LogP contribution in [-0.2, 0) is 7.05 Å². The number of carbonyl (C=O) groups is 1. The van der Waals surface area contributed by atoms with Crippen molar-refractivity contribution in [2.75, 3.05) is 0 Å². The normalized spacial score (nSPS) is 11.1. The SMILES string of the molecule is CC(=O)c1c(C)c2c(Cl)cc(Cl)cc2n1C. The van der Waals surface area contributed by atoms with Gasteiger partial charge in [0.05, 0.1) is 16.2 Å². The number of nitrogens with zero attached hydrogens (tertiary/aromatic N) is 1. The second-order valence-electron chi connectivity index (χ2n) is 3.87. The minimum atomic E-state index is 0.0309. The predicted molar refractivity (Wildman–Crippen MR) is 67.7 cm³/mol. The third kappa shape index (κ3) is 1.53. The van der Waals surface area contributed by atoms with E-state index in [2.05, 4.69) is 0 Å². The number of fused-ring (bicyclic) bond motifs is 1. The summed E-state index contributed by atoms with van der Waals surface area (Å²) in [5, 5.41) is 2.06. The molecule has 0 bridgehead atoms. The van der Waals surface area contributed by atoms with Gasteiger partial charge in [0, 0.05) is 24.4 Å². The number of Topliss-reactive ketones (excluding diaryl/α,β-unsaturated/α-hetero) is 1. The third-order valence-electron chi connectivity index (χ3n) is 2.79. The van der Waals surface area contributed by atoms with Gasteiger partial charge in [-0.1, -0.05) is 23.2 Å². The molecule has 0 saturated heterocycles. The van der Waals surface area contributed by atoms with Crippen molar-refractivity contribution in [1.29, 1.82) is 0 Å². The molecule has 0 N–H and O–H groups in total. The van der Waals surface area contributed by atoms with Crippen molar-refractivity contribution in [2.24, 2.45) is 7.05 Å². The van der Waals surface area contributed by atoms with E-state index < -0.39 is 0 Å². The Balaban J connectivity index is 2.99. The molecule has 2 rings (SSSR count). The molecule has 1 aromatic carbocycles. The molecular formula is C12H11Cl2NO. The first-order chi connectivity index (χ1) is 7.43. The standard InChI is InChI=1S/C12H11Cl2NO/c1-6-11-9(14)4-8(13)5-10(11)15(3)12(6)7(2)16/h4-5H,1-3H3. The highest BCUT2D eigenvalue weighted by atomic mass is 35.5. The van der Waals surface area contributed by atoms with E-state index >= 15 is 0 Å². The van der Waals surface area contributed by atoms with Gasteiger partial charge in [-0.15, -0.1) is 0 Å². The van der Waals surface area contributed by atoms with Crippen molar-refractivity contribution in [3.63, 3.8) is 0 Å². The van der Waals surface area contributed by atoms with E-state index in [1.165, 1.54) is 0 Å². The summed E-state index contributed by atoms with van der Waals surface area (Å²) in [6, 6.07) is 3.52. The zero-order valence-electron chi connectivity index (χ0n) is 9.27. The number of rotatable bonds is 1. The Morgan fingerprint density at radius 1 is 1.31 bits per heavy atom. The quantitative estimate of drug-likeness (QED) is 0.707. The van der Waals surface area contributed by atoms with E-state index in [-0.39, 0.29) is 5.78 Å². The summed E-state index contributed by atoms with van der Waals surface area (Å²) in [5.41, 5.74) is 2.48. The number of carbonyl (C=O) groups excluding carboxylic acids is 1. The maximum Gasteiger partial charge on any atom is 0.176 e. The Kier molecular flexibility index (Phi) is 2.72. The number of hydrogen-bond acceptors (Lipinski definition) is 1. The zero-order valence-corrected chi connectivity index (χ0v) is 10.8. The Labute approximate surface area is 104 Å². The molecule has 0 fully saturated rings. The van der Waals surface area contributed by atoms with Crippen molar-refractivity contribution in [3.8, 4) is 0 Å². The largest absolute Gasteiger partial charge is 0.341 e. The molecular weight excluding hydrogens is 245 g/mol. The van der Waals surface area contributed by atoms with Crippen LogP contribution in [0, 0.1) is 6.92 Å². The van der Waals surface area contributed by atoms with Crippen LogP contribution in [0.5, 0.6) is 0 Å². The van der Waals surface area contributed by atoms with Gasteiger partial charge < -0.3 is 4.57 Å². The fourth-order valence-electron chi connectivity index (χ4n) is 2.19. The molecule has 0 aliphatic rings. The lowest BCUT2D eigenvalue weighted by Gasteiger charge is -2.01. The number of benzene rings is 1. The Morgan fingerprint density at radius 2 is 1.94 bits per heavy atom. The summed E-state index contributed by atoms with van der Waals surface area (Å²) in [6.45, 7) is 3.45. The maximum atomic E-state index is 11.6. The van der Waals surface area contributed by atoms with Crippen LogP contribution >= 0.6 is 23.2 Å². The molecule has 84 valence electrons. The molecule has 2 aromatic rings. The van der Waals surface area contributed by atoms with Gasteiger partial charge in [0.1, 0.15) is 0 Å². The molecule has 1 heterocycles. The number of aryl methyl sites for hydroxylation is 2. The van der Waals surface area contributed by atoms with Crippen LogP contribution in [0.3, 0.4) is 0 Å². The molecule has 0 aliphatic heterocycles. The molecule has 1 aromatic heterocycles. The molecule has 0 atom stereocenters. The second-order valence-corrected chi connectivity index (χ2v) is 4.71. The molecule has 0 saturated carbocycles. The Hall–Kier alpha value is -0.990. The van der Waals surface area contributed by atoms with Crippen LogP contribution in [0.1, 0.15) is 23.0 Å². The first kappa shape index (κ1) is 11.5. The van der Waals surface area contributed by atoms with Gasteiger partial charge in [0.25, 0.3) is 0 Å². The summed E-state index contributed by atoms with van der Waals surface area (Å²) >= 11 is 12.1. The maximum absolute atomic E-state index is 11.6. The smallest absolute Gasteiger partial charge is 0.176 e. The number of ketones is 1. The van der Waals surface area contributed by atoms with Crippen LogP contribution in [0.15, 0.2) is 12.1 Å². The zero-order chi connectivity index (χ0) is 12.0.